The van der Waals surface area contributed by atoms with E-state index in [0.29, 0.717) is 0 Å². The van der Waals surface area contributed by atoms with Crippen LogP contribution in [-0.4, -0.2) is 0 Å². The molecule has 5 rings (SSSR count). The Morgan fingerprint density at radius 2 is 0.808 bits per heavy atom. The van der Waals surface area contributed by atoms with Crippen LogP contribution in [0.25, 0.3) is 43.8 Å². The van der Waals surface area contributed by atoms with Gasteiger partial charge in [0.25, 0.3) is 0 Å². The van der Waals surface area contributed by atoms with Gasteiger partial charge in [-0.2, -0.15) is 0 Å². The largest absolute Gasteiger partial charge is 0.0622 e. The summed E-state index contributed by atoms with van der Waals surface area (Å²) in [5.41, 5.74) is 5.01. The molecule has 0 saturated heterocycles. The van der Waals surface area contributed by atoms with Gasteiger partial charge in [0.2, 0.25) is 0 Å². The highest BCUT2D eigenvalue weighted by Crippen LogP contribution is 2.31. The molecule has 5 aromatic carbocycles. The lowest BCUT2D eigenvalue weighted by molar-refractivity contribution is 1.60. The van der Waals surface area contributed by atoms with E-state index in [-0.39, 0.29) is 0 Å². The summed E-state index contributed by atoms with van der Waals surface area (Å²) < 4.78 is 0. The number of benzene rings is 5. The van der Waals surface area contributed by atoms with Gasteiger partial charge in [-0.25, -0.2) is 0 Å². The summed E-state index contributed by atoms with van der Waals surface area (Å²) in [6, 6.07) is 39.1. The molecule has 0 saturated carbocycles. The minimum atomic E-state index is 1.25. The van der Waals surface area contributed by atoms with E-state index >= 15 is 0 Å². The predicted molar refractivity (Wildman–Crippen MR) is 112 cm³/mol. The molecule has 0 atom stereocenters. The first kappa shape index (κ1) is 14.9. The molecule has 0 spiro atoms. The summed E-state index contributed by atoms with van der Waals surface area (Å²) >= 11 is 0. The van der Waals surface area contributed by atoms with Crippen LogP contribution >= 0.6 is 0 Å². The van der Waals surface area contributed by atoms with Gasteiger partial charge in [-0.15, -0.1) is 0 Å². The first-order valence-corrected chi connectivity index (χ1v) is 8.96. The van der Waals surface area contributed by atoms with Crippen LogP contribution in [0, 0.1) is 0 Å². The first-order chi connectivity index (χ1) is 12.9. The Morgan fingerprint density at radius 3 is 1.58 bits per heavy atom. The van der Waals surface area contributed by atoms with Crippen molar-refractivity contribution in [1.29, 1.82) is 0 Å². The van der Waals surface area contributed by atoms with Crippen molar-refractivity contribution in [1.82, 2.24) is 0 Å². The highest BCUT2D eigenvalue weighted by molar-refractivity contribution is 6.08. The molecule has 0 fully saturated rings. The SMILES string of the molecule is c1ccc(-c2ccc(-c3ccc4ccc5ccccc5c4c3)cc2)cc1. The Balaban J connectivity index is 1.61. The van der Waals surface area contributed by atoms with Crippen molar-refractivity contribution < 1.29 is 0 Å². The van der Waals surface area contributed by atoms with E-state index < -0.39 is 0 Å². The molecule has 0 heteroatoms. The van der Waals surface area contributed by atoms with Crippen LogP contribution in [0.1, 0.15) is 0 Å². The third-order valence-electron chi connectivity index (χ3n) is 5.07. The molecule has 0 aliphatic heterocycles. The van der Waals surface area contributed by atoms with E-state index in [2.05, 4.69) is 109 Å². The van der Waals surface area contributed by atoms with E-state index in [1.54, 1.807) is 0 Å². The van der Waals surface area contributed by atoms with Gasteiger partial charge in [0.1, 0.15) is 0 Å². The fourth-order valence-corrected chi connectivity index (χ4v) is 3.67. The lowest BCUT2D eigenvalue weighted by Gasteiger charge is -2.08. The minimum Gasteiger partial charge on any atom is -0.0622 e. The van der Waals surface area contributed by atoms with E-state index in [1.807, 2.05) is 0 Å². The van der Waals surface area contributed by atoms with Gasteiger partial charge in [0, 0.05) is 0 Å². The van der Waals surface area contributed by atoms with Crippen LogP contribution in [0.3, 0.4) is 0 Å². The highest BCUT2D eigenvalue weighted by Gasteiger charge is 2.04. The molecule has 26 heavy (non-hydrogen) atoms. The molecule has 0 amide bonds. The zero-order chi connectivity index (χ0) is 17.3. The van der Waals surface area contributed by atoms with Crippen molar-refractivity contribution in [3.63, 3.8) is 0 Å². The third kappa shape index (κ3) is 2.57. The van der Waals surface area contributed by atoms with E-state index in [1.165, 1.54) is 43.8 Å². The van der Waals surface area contributed by atoms with Crippen LogP contribution in [-0.2, 0) is 0 Å². The Morgan fingerprint density at radius 1 is 0.308 bits per heavy atom. The van der Waals surface area contributed by atoms with E-state index in [4.69, 9.17) is 0 Å². The first-order valence-electron chi connectivity index (χ1n) is 8.96. The van der Waals surface area contributed by atoms with Crippen LogP contribution in [0.4, 0.5) is 0 Å². The van der Waals surface area contributed by atoms with Gasteiger partial charge in [-0.3, -0.25) is 0 Å². The molecule has 0 bridgehead atoms. The summed E-state index contributed by atoms with van der Waals surface area (Å²) in [5, 5.41) is 5.20. The fraction of sp³-hybridized carbons (Fsp3) is 0. The summed E-state index contributed by atoms with van der Waals surface area (Å²) in [5.74, 6) is 0. The molecule has 5 aromatic rings. The third-order valence-corrected chi connectivity index (χ3v) is 5.07. The van der Waals surface area contributed by atoms with Crippen LogP contribution < -0.4 is 0 Å². The summed E-state index contributed by atoms with van der Waals surface area (Å²) in [7, 11) is 0. The molecule has 0 heterocycles. The molecule has 0 aliphatic carbocycles. The Labute approximate surface area is 153 Å². The summed E-state index contributed by atoms with van der Waals surface area (Å²) in [4.78, 5) is 0. The maximum atomic E-state index is 2.31. The van der Waals surface area contributed by atoms with Crippen molar-refractivity contribution in [2.45, 2.75) is 0 Å². The molecule has 0 aromatic heterocycles. The van der Waals surface area contributed by atoms with Crippen molar-refractivity contribution in [3.05, 3.63) is 109 Å². The summed E-state index contributed by atoms with van der Waals surface area (Å²) in [6.07, 6.45) is 0. The monoisotopic (exact) mass is 330 g/mol. The molecule has 0 unspecified atom stereocenters. The average Bonchev–Trinajstić information content (AvgIpc) is 2.74. The Kier molecular flexibility index (Phi) is 3.54. The number of hydrogen-bond donors (Lipinski definition) is 0. The molecular weight excluding hydrogens is 312 g/mol. The molecule has 0 radical (unpaired) electrons. The van der Waals surface area contributed by atoms with Gasteiger partial charge in [-0.1, -0.05) is 103 Å². The lowest BCUT2D eigenvalue weighted by atomic mass is 9.96. The number of fused-ring (bicyclic) bond motifs is 3. The van der Waals surface area contributed by atoms with Gasteiger partial charge in [-0.05, 0) is 49.9 Å². The number of hydrogen-bond acceptors (Lipinski definition) is 0. The standard InChI is InChI=1S/C26H18/c1-2-6-19(7-3-1)20-10-12-21(13-11-20)24-17-16-23-15-14-22-8-4-5-9-25(22)26(23)18-24/h1-18H. The van der Waals surface area contributed by atoms with Gasteiger partial charge in [0.05, 0.1) is 0 Å². The lowest BCUT2D eigenvalue weighted by Crippen LogP contribution is -1.82. The molecule has 0 N–H and O–H groups in total. The van der Waals surface area contributed by atoms with Crippen LogP contribution in [0.15, 0.2) is 109 Å². The minimum absolute atomic E-state index is 1.25. The maximum absolute atomic E-state index is 2.31. The van der Waals surface area contributed by atoms with Gasteiger partial charge in [0.15, 0.2) is 0 Å². The normalized spacial score (nSPS) is 11.1. The quantitative estimate of drug-likeness (QED) is 0.297. The van der Waals surface area contributed by atoms with Crippen LogP contribution in [0.5, 0.6) is 0 Å². The second-order valence-corrected chi connectivity index (χ2v) is 6.67. The Bertz CT molecular complexity index is 1200. The fourth-order valence-electron chi connectivity index (χ4n) is 3.67. The molecule has 0 aliphatic rings. The summed E-state index contributed by atoms with van der Waals surface area (Å²) in [6.45, 7) is 0. The van der Waals surface area contributed by atoms with Crippen molar-refractivity contribution in [3.8, 4) is 22.3 Å². The van der Waals surface area contributed by atoms with Gasteiger partial charge < -0.3 is 0 Å². The molecular formula is C26H18. The zero-order valence-electron chi connectivity index (χ0n) is 14.4. The second kappa shape index (κ2) is 6.16. The predicted octanol–water partition coefficient (Wildman–Crippen LogP) is 7.33. The van der Waals surface area contributed by atoms with Crippen molar-refractivity contribution in [2.75, 3.05) is 0 Å². The maximum Gasteiger partial charge on any atom is -0.00992 e. The van der Waals surface area contributed by atoms with Crippen molar-refractivity contribution in [2.24, 2.45) is 0 Å². The number of rotatable bonds is 2. The topological polar surface area (TPSA) is 0 Å². The van der Waals surface area contributed by atoms with Crippen LogP contribution in [0.2, 0.25) is 0 Å². The smallest absolute Gasteiger partial charge is 0.00992 e. The Hall–Kier alpha value is -3.38. The van der Waals surface area contributed by atoms with E-state index in [9.17, 15) is 0 Å². The zero-order valence-corrected chi connectivity index (χ0v) is 14.4. The van der Waals surface area contributed by atoms with Gasteiger partial charge >= 0.3 is 0 Å². The van der Waals surface area contributed by atoms with E-state index in [0.717, 1.165) is 0 Å². The van der Waals surface area contributed by atoms with Crippen molar-refractivity contribution >= 4 is 21.5 Å². The highest BCUT2D eigenvalue weighted by atomic mass is 14.1. The average molecular weight is 330 g/mol. The second-order valence-electron chi connectivity index (χ2n) is 6.67. The molecule has 122 valence electrons. The molecule has 0 nitrogen and oxygen atoms in total.